The number of rotatable bonds is 3. The molecule has 4 heteroatoms. The van der Waals surface area contributed by atoms with Crippen molar-refractivity contribution >= 4 is 33.9 Å². The largest absolute Gasteiger partial charge is 0.464 e. The molecule has 2 aliphatic heterocycles. The van der Waals surface area contributed by atoms with Crippen molar-refractivity contribution in [2.45, 2.75) is 31.7 Å². The molecule has 3 aromatic rings. The molecular formula is C24H22ClNO2. The van der Waals surface area contributed by atoms with Crippen LogP contribution in [0.2, 0.25) is 5.02 Å². The normalized spacial score (nSPS) is 20.0. The molecule has 0 N–H and O–H groups in total. The van der Waals surface area contributed by atoms with Gasteiger partial charge in [0.25, 0.3) is 0 Å². The van der Waals surface area contributed by atoms with Crippen LogP contribution in [0.15, 0.2) is 59.2 Å². The molecule has 2 aromatic carbocycles. The van der Waals surface area contributed by atoms with E-state index in [1.165, 1.54) is 31.4 Å². The van der Waals surface area contributed by atoms with Crippen LogP contribution in [-0.2, 0) is 0 Å². The first-order valence-electron chi connectivity index (χ1n) is 9.94. The fourth-order valence-corrected chi connectivity index (χ4v) is 4.72. The standard InChI is InChI=1S/C24H22ClNO2/c25-19-5-3-4-17(12-19)24(27)18-7-8-23-21(14-18)22(15-28-23)16-9-11-26-10-2-1-6-20(26)13-16/h3-5,7-9,12,14-15,20H,1-2,6,10-11,13H2. The Hall–Kier alpha value is -2.36. The van der Waals surface area contributed by atoms with Gasteiger partial charge in [0.05, 0.1) is 6.26 Å². The second-order valence-corrected chi connectivity index (χ2v) is 8.21. The average Bonchev–Trinajstić information content (AvgIpc) is 3.16. The Labute approximate surface area is 169 Å². The summed E-state index contributed by atoms with van der Waals surface area (Å²) in [6, 6.07) is 13.4. The van der Waals surface area contributed by atoms with E-state index in [1.54, 1.807) is 24.3 Å². The summed E-state index contributed by atoms with van der Waals surface area (Å²) >= 11 is 6.06. The molecule has 28 heavy (non-hydrogen) atoms. The lowest BCUT2D eigenvalue weighted by Gasteiger charge is -2.38. The average molecular weight is 392 g/mol. The van der Waals surface area contributed by atoms with Crippen molar-refractivity contribution in [1.29, 1.82) is 0 Å². The third-order valence-corrected chi connectivity index (χ3v) is 6.28. The summed E-state index contributed by atoms with van der Waals surface area (Å²) in [6.45, 7) is 2.21. The number of benzene rings is 2. The molecule has 2 aliphatic rings. The van der Waals surface area contributed by atoms with Gasteiger partial charge < -0.3 is 4.42 Å². The highest BCUT2D eigenvalue weighted by Crippen LogP contribution is 2.36. The van der Waals surface area contributed by atoms with Crippen LogP contribution in [0.25, 0.3) is 16.5 Å². The van der Waals surface area contributed by atoms with Gasteiger partial charge in [0, 0.05) is 39.7 Å². The summed E-state index contributed by atoms with van der Waals surface area (Å²) in [4.78, 5) is 15.5. The quantitative estimate of drug-likeness (QED) is 0.516. The van der Waals surface area contributed by atoms with Gasteiger partial charge in [-0.15, -0.1) is 0 Å². The highest BCUT2D eigenvalue weighted by molar-refractivity contribution is 6.31. The van der Waals surface area contributed by atoms with E-state index in [0.717, 1.165) is 29.5 Å². The maximum atomic E-state index is 12.9. The Morgan fingerprint density at radius 2 is 2.00 bits per heavy atom. The van der Waals surface area contributed by atoms with Gasteiger partial charge in [-0.25, -0.2) is 0 Å². The Morgan fingerprint density at radius 1 is 1.11 bits per heavy atom. The zero-order chi connectivity index (χ0) is 19.1. The van der Waals surface area contributed by atoms with Crippen molar-refractivity contribution in [3.63, 3.8) is 0 Å². The van der Waals surface area contributed by atoms with Crippen molar-refractivity contribution in [1.82, 2.24) is 4.90 Å². The molecule has 1 aromatic heterocycles. The molecule has 0 saturated carbocycles. The Balaban J connectivity index is 1.50. The third kappa shape index (κ3) is 3.19. The van der Waals surface area contributed by atoms with Gasteiger partial charge in [-0.2, -0.15) is 0 Å². The highest BCUT2D eigenvalue weighted by Gasteiger charge is 2.27. The van der Waals surface area contributed by atoms with Crippen LogP contribution >= 0.6 is 11.6 Å². The van der Waals surface area contributed by atoms with Gasteiger partial charge in [0.2, 0.25) is 0 Å². The molecule has 0 bridgehead atoms. The lowest BCUT2D eigenvalue weighted by molar-refractivity contribution is 0.103. The van der Waals surface area contributed by atoms with Gasteiger partial charge in [-0.3, -0.25) is 9.69 Å². The van der Waals surface area contributed by atoms with E-state index < -0.39 is 0 Å². The highest BCUT2D eigenvalue weighted by atomic mass is 35.5. The number of carbonyl (C=O) groups is 1. The number of hydrogen-bond acceptors (Lipinski definition) is 3. The number of fused-ring (bicyclic) bond motifs is 2. The number of piperidine rings is 1. The minimum absolute atomic E-state index is 0.0207. The van der Waals surface area contributed by atoms with E-state index in [9.17, 15) is 4.79 Å². The molecule has 0 amide bonds. The van der Waals surface area contributed by atoms with Crippen LogP contribution < -0.4 is 0 Å². The van der Waals surface area contributed by atoms with E-state index in [2.05, 4.69) is 11.0 Å². The maximum absolute atomic E-state index is 12.9. The summed E-state index contributed by atoms with van der Waals surface area (Å²) in [6.07, 6.45) is 9.13. The summed E-state index contributed by atoms with van der Waals surface area (Å²) in [5, 5.41) is 1.59. The summed E-state index contributed by atoms with van der Waals surface area (Å²) in [5.41, 5.74) is 4.56. The van der Waals surface area contributed by atoms with Crippen LogP contribution in [0.5, 0.6) is 0 Å². The number of hydrogen-bond donors (Lipinski definition) is 0. The van der Waals surface area contributed by atoms with Crippen LogP contribution in [0.1, 0.15) is 47.2 Å². The zero-order valence-corrected chi connectivity index (χ0v) is 16.4. The molecule has 0 aliphatic carbocycles. The van der Waals surface area contributed by atoms with Gasteiger partial charge in [-0.05, 0) is 61.7 Å². The Bertz CT molecular complexity index is 1080. The molecule has 1 fully saturated rings. The van der Waals surface area contributed by atoms with E-state index in [0.29, 0.717) is 22.2 Å². The molecule has 1 atom stereocenters. The van der Waals surface area contributed by atoms with Crippen LogP contribution in [0.3, 0.4) is 0 Å². The zero-order valence-electron chi connectivity index (χ0n) is 15.7. The SMILES string of the molecule is O=C(c1cccc(Cl)c1)c1ccc2occ(C3=CCN4CCCCC4C3)c2c1. The summed E-state index contributed by atoms with van der Waals surface area (Å²) in [5.74, 6) is -0.0207. The number of halogens is 1. The van der Waals surface area contributed by atoms with Gasteiger partial charge >= 0.3 is 0 Å². The molecular weight excluding hydrogens is 370 g/mol. The lowest BCUT2D eigenvalue weighted by atomic mass is 9.88. The molecule has 3 nitrogen and oxygen atoms in total. The van der Waals surface area contributed by atoms with Gasteiger partial charge in [0.1, 0.15) is 5.58 Å². The van der Waals surface area contributed by atoms with Gasteiger partial charge in [-0.1, -0.05) is 36.2 Å². The topological polar surface area (TPSA) is 33.5 Å². The maximum Gasteiger partial charge on any atom is 0.193 e. The van der Waals surface area contributed by atoms with Crippen LogP contribution in [-0.4, -0.2) is 29.8 Å². The van der Waals surface area contributed by atoms with Crippen LogP contribution in [0.4, 0.5) is 0 Å². The van der Waals surface area contributed by atoms with Crippen molar-refractivity contribution in [2.75, 3.05) is 13.1 Å². The molecule has 3 heterocycles. The van der Waals surface area contributed by atoms with Crippen molar-refractivity contribution in [2.24, 2.45) is 0 Å². The second-order valence-electron chi connectivity index (χ2n) is 7.78. The summed E-state index contributed by atoms with van der Waals surface area (Å²) in [7, 11) is 0. The first kappa shape index (κ1) is 17.7. The smallest absolute Gasteiger partial charge is 0.193 e. The predicted molar refractivity (Wildman–Crippen MR) is 113 cm³/mol. The monoisotopic (exact) mass is 391 g/mol. The molecule has 0 spiro atoms. The van der Waals surface area contributed by atoms with Crippen molar-refractivity contribution < 1.29 is 9.21 Å². The minimum atomic E-state index is -0.0207. The van der Waals surface area contributed by atoms with E-state index in [1.807, 2.05) is 24.5 Å². The number of nitrogens with zero attached hydrogens (tertiary/aromatic N) is 1. The Kier molecular flexibility index (Phi) is 4.58. The molecule has 1 unspecified atom stereocenters. The Morgan fingerprint density at radius 3 is 2.89 bits per heavy atom. The van der Waals surface area contributed by atoms with Gasteiger partial charge in [0.15, 0.2) is 5.78 Å². The molecule has 5 rings (SSSR count). The number of ketones is 1. The minimum Gasteiger partial charge on any atom is -0.464 e. The van der Waals surface area contributed by atoms with E-state index in [-0.39, 0.29) is 5.78 Å². The summed E-state index contributed by atoms with van der Waals surface area (Å²) < 4.78 is 5.81. The number of furan rings is 1. The predicted octanol–water partition coefficient (Wildman–Crippen LogP) is 5.96. The lowest BCUT2D eigenvalue weighted by Crippen LogP contribution is -2.41. The molecule has 0 radical (unpaired) electrons. The third-order valence-electron chi connectivity index (χ3n) is 6.05. The number of carbonyl (C=O) groups excluding carboxylic acids is 1. The first-order chi connectivity index (χ1) is 13.7. The second kappa shape index (κ2) is 7.23. The van der Waals surface area contributed by atoms with Crippen molar-refractivity contribution in [3.8, 4) is 0 Å². The fourth-order valence-electron chi connectivity index (χ4n) is 4.53. The fraction of sp³-hybridized carbons (Fsp3) is 0.292. The van der Waals surface area contributed by atoms with Crippen molar-refractivity contribution in [3.05, 3.63) is 76.5 Å². The van der Waals surface area contributed by atoms with E-state index >= 15 is 0 Å². The first-order valence-corrected chi connectivity index (χ1v) is 10.3. The molecule has 1 saturated heterocycles. The van der Waals surface area contributed by atoms with Crippen LogP contribution in [0, 0.1) is 0 Å². The molecule has 142 valence electrons. The van der Waals surface area contributed by atoms with E-state index in [4.69, 9.17) is 16.0 Å².